The third kappa shape index (κ3) is 5.06. The predicted molar refractivity (Wildman–Crippen MR) is 63.0 cm³/mol. The van der Waals surface area contributed by atoms with Crippen molar-refractivity contribution in [1.29, 1.82) is 0 Å². The van der Waals surface area contributed by atoms with Crippen LogP contribution in [0.5, 0.6) is 0 Å². The van der Waals surface area contributed by atoms with E-state index in [1.807, 2.05) is 5.92 Å². The van der Waals surface area contributed by atoms with Crippen LogP contribution >= 0.6 is 0 Å². The molecule has 1 aliphatic heterocycles. The molecule has 1 aliphatic rings. The molecule has 0 radical (unpaired) electrons. The zero-order valence-corrected chi connectivity index (χ0v) is 10.7. The third-order valence-electron chi connectivity index (χ3n) is 2.06. The molecule has 0 saturated carbocycles. The summed E-state index contributed by atoms with van der Waals surface area (Å²) < 4.78 is 10.5. The molecule has 18 heavy (non-hydrogen) atoms. The van der Waals surface area contributed by atoms with Crippen LogP contribution in [0.25, 0.3) is 0 Å². The van der Waals surface area contributed by atoms with Crippen molar-refractivity contribution in [2.24, 2.45) is 0 Å². The molecule has 6 nitrogen and oxygen atoms in total. The maximum absolute atomic E-state index is 11.8. The molecule has 1 atom stereocenters. The van der Waals surface area contributed by atoms with Crippen LogP contribution in [0.3, 0.4) is 0 Å². The van der Waals surface area contributed by atoms with Crippen molar-refractivity contribution in [2.45, 2.75) is 32.5 Å². The van der Waals surface area contributed by atoms with E-state index in [4.69, 9.17) is 14.6 Å². The fraction of sp³-hybridized carbons (Fsp3) is 0.667. The monoisotopic (exact) mass is 255 g/mol. The number of rotatable bonds is 0. The lowest BCUT2D eigenvalue weighted by atomic mass is 10.2. The summed E-state index contributed by atoms with van der Waals surface area (Å²) in [6.07, 6.45) is -1.02. The van der Waals surface area contributed by atoms with E-state index in [1.165, 1.54) is 4.90 Å². The van der Waals surface area contributed by atoms with Gasteiger partial charge in [-0.25, -0.2) is 9.59 Å². The SMILES string of the molecule is CC(C)(C)OC(=O)N1CCOC(C#CC(=O)O)C1. The van der Waals surface area contributed by atoms with Gasteiger partial charge in [-0.05, 0) is 20.8 Å². The molecule has 1 N–H and O–H groups in total. The molecule has 0 aromatic carbocycles. The smallest absolute Gasteiger partial charge is 0.410 e. The van der Waals surface area contributed by atoms with Crippen molar-refractivity contribution in [3.05, 3.63) is 0 Å². The van der Waals surface area contributed by atoms with Gasteiger partial charge in [-0.15, -0.1) is 0 Å². The highest BCUT2D eigenvalue weighted by molar-refractivity contribution is 5.86. The van der Waals surface area contributed by atoms with E-state index >= 15 is 0 Å². The van der Waals surface area contributed by atoms with Crippen LogP contribution < -0.4 is 0 Å². The van der Waals surface area contributed by atoms with Gasteiger partial charge in [0, 0.05) is 12.5 Å². The number of carboxylic acid groups (broad SMARTS) is 1. The molecule has 0 aromatic heterocycles. The normalized spacial score (nSPS) is 19.7. The fourth-order valence-corrected chi connectivity index (χ4v) is 1.37. The summed E-state index contributed by atoms with van der Waals surface area (Å²) in [5, 5.41) is 8.44. The number of carboxylic acids is 1. The Morgan fingerprint density at radius 2 is 2.11 bits per heavy atom. The molecule has 100 valence electrons. The van der Waals surface area contributed by atoms with E-state index < -0.39 is 23.8 Å². The lowest BCUT2D eigenvalue weighted by molar-refractivity contribution is -0.130. The van der Waals surface area contributed by atoms with E-state index in [-0.39, 0.29) is 6.54 Å². The summed E-state index contributed by atoms with van der Waals surface area (Å²) in [4.78, 5) is 23.6. The standard InChI is InChI=1S/C12H17NO5/c1-12(2,3)18-11(16)13-6-7-17-9(8-13)4-5-10(14)15/h9H,6-8H2,1-3H3,(H,14,15). The van der Waals surface area contributed by atoms with Crippen LogP contribution in [0.1, 0.15) is 20.8 Å². The number of nitrogens with zero attached hydrogens (tertiary/aromatic N) is 1. The number of carbonyl (C=O) groups excluding carboxylic acids is 1. The Morgan fingerprint density at radius 3 is 2.67 bits per heavy atom. The molecule has 1 heterocycles. The fourth-order valence-electron chi connectivity index (χ4n) is 1.37. The van der Waals surface area contributed by atoms with E-state index in [0.717, 1.165) is 0 Å². The van der Waals surface area contributed by atoms with E-state index in [2.05, 4.69) is 5.92 Å². The molecule has 1 unspecified atom stereocenters. The van der Waals surface area contributed by atoms with Gasteiger partial charge in [-0.3, -0.25) is 0 Å². The second kappa shape index (κ2) is 5.74. The van der Waals surface area contributed by atoms with Crippen LogP contribution in [0, 0.1) is 11.8 Å². The highest BCUT2D eigenvalue weighted by atomic mass is 16.6. The molecule has 0 aromatic rings. The first-order valence-electron chi connectivity index (χ1n) is 5.62. The first-order chi connectivity index (χ1) is 8.28. The van der Waals surface area contributed by atoms with E-state index in [9.17, 15) is 9.59 Å². The Balaban J connectivity index is 2.57. The van der Waals surface area contributed by atoms with Crippen LogP contribution in [0.4, 0.5) is 4.79 Å². The number of hydrogen-bond acceptors (Lipinski definition) is 4. The van der Waals surface area contributed by atoms with Gasteiger partial charge in [-0.1, -0.05) is 5.92 Å². The molecule has 0 bridgehead atoms. The summed E-state index contributed by atoms with van der Waals surface area (Å²) in [5.41, 5.74) is -0.558. The minimum atomic E-state index is -1.21. The van der Waals surface area contributed by atoms with Crippen LogP contribution in [0.2, 0.25) is 0 Å². The molecule has 1 amide bonds. The lowest BCUT2D eigenvalue weighted by Gasteiger charge is -2.32. The van der Waals surface area contributed by atoms with Crippen molar-refractivity contribution >= 4 is 12.1 Å². The highest BCUT2D eigenvalue weighted by Crippen LogP contribution is 2.12. The van der Waals surface area contributed by atoms with Crippen molar-refractivity contribution in [2.75, 3.05) is 19.7 Å². The minimum Gasteiger partial charge on any atom is -0.472 e. The summed E-state index contributed by atoms with van der Waals surface area (Å²) in [7, 11) is 0. The number of morpholine rings is 1. The van der Waals surface area contributed by atoms with Crippen LogP contribution in [0.15, 0.2) is 0 Å². The molecule has 0 spiro atoms. The average Bonchev–Trinajstić information content (AvgIpc) is 2.24. The summed E-state index contributed by atoms with van der Waals surface area (Å²) in [6.45, 7) is 6.31. The molecule has 1 saturated heterocycles. The highest BCUT2D eigenvalue weighted by Gasteiger charge is 2.27. The van der Waals surface area contributed by atoms with Crippen molar-refractivity contribution < 1.29 is 24.2 Å². The topological polar surface area (TPSA) is 76.1 Å². The summed E-state index contributed by atoms with van der Waals surface area (Å²) in [5.74, 6) is 3.22. The Morgan fingerprint density at radius 1 is 1.44 bits per heavy atom. The van der Waals surface area contributed by atoms with Gasteiger partial charge in [-0.2, -0.15) is 0 Å². The van der Waals surface area contributed by atoms with E-state index in [0.29, 0.717) is 13.2 Å². The molecule has 0 aliphatic carbocycles. The predicted octanol–water partition coefficient (Wildman–Crippen LogP) is 0.710. The van der Waals surface area contributed by atoms with Crippen LogP contribution in [-0.4, -0.2) is 53.5 Å². The largest absolute Gasteiger partial charge is 0.472 e. The number of aliphatic carboxylic acids is 1. The molecular weight excluding hydrogens is 238 g/mol. The first-order valence-corrected chi connectivity index (χ1v) is 5.62. The summed E-state index contributed by atoms with van der Waals surface area (Å²) >= 11 is 0. The Kier molecular flexibility index (Phi) is 4.56. The number of hydrogen-bond donors (Lipinski definition) is 1. The Bertz CT molecular complexity index is 387. The van der Waals surface area contributed by atoms with Crippen molar-refractivity contribution in [1.82, 2.24) is 4.90 Å². The Hall–Kier alpha value is -1.74. The molecular formula is C12H17NO5. The zero-order valence-electron chi connectivity index (χ0n) is 10.7. The first kappa shape index (κ1) is 14.3. The molecule has 6 heteroatoms. The zero-order chi connectivity index (χ0) is 13.8. The number of amides is 1. The number of ether oxygens (including phenoxy) is 2. The second-order valence-electron chi connectivity index (χ2n) is 4.86. The van der Waals surface area contributed by atoms with Gasteiger partial charge < -0.3 is 19.5 Å². The maximum Gasteiger partial charge on any atom is 0.410 e. The second-order valence-corrected chi connectivity index (χ2v) is 4.86. The lowest BCUT2D eigenvalue weighted by Crippen LogP contribution is -2.47. The van der Waals surface area contributed by atoms with Crippen molar-refractivity contribution in [3.8, 4) is 11.8 Å². The van der Waals surface area contributed by atoms with Gasteiger partial charge in [0.1, 0.15) is 11.7 Å². The molecule has 1 rings (SSSR count). The average molecular weight is 255 g/mol. The number of carbonyl (C=O) groups is 2. The van der Waals surface area contributed by atoms with Gasteiger partial charge in [0.25, 0.3) is 0 Å². The Labute approximate surface area is 106 Å². The van der Waals surface area contributed by atoms with Gasteiger partial charge in [0.15, 0.2) is 0 Å². The maximum atomic E-state index is 11.8. The van der Waals surface area contributed by atoms with Gasteiger partial charge >= 0.3 is 12.1 Å². The van der Waals surface area contributed by atoms with Gasteiger partial charge in [0.2, 0.25) is 0 Å². The third-order valence-corrected chi connectivity index (χ3v) is 2.06. The molecule has 1 fully saturated rings. The van der Waals surface area contributed by atoms with E-state index in [1.54, 1.807) is 20.8 Å². The van der Waals surface area contributed by atoms with Crippen LogP contribution in [-0.2, 0) is 14.3 Å². The quantitative estimate of drug-likeness (QED) is 0.645. The summed E-state index contributed by atoms with van der Waals surface area (Å²) in [6, 6.07) is 0. The van der Waals surface area contributed by atoms with Crippen molar-refractivity contribution in [3.63, 3.8) is 0 Å². The minimum absolute atomic E-state index is 0.217. The van der Waals surface area contributed by atoms with Gasteiger partial charge in [0.05, 0.1) is 13.2 Å².